The molecule has 0 heterocycles. The summed E-state index contributed by atoms with van der Waals surface area (Å²) in [7, 11) is 0. The SMILES string of the molecule is O=C1CC(Oc2ccc(F)c(F)c2)C12CCCC2. The van der Waals surface area contributed by atoms with Gasteiger partial charge in [0.05, 0.1) is 5.41 Å². The minimum Gasteiger partial charge on any atom is -0.489 e. The van der Waals surface area contributed by atoms with E-state index in [1.165, 1.54) is 6.07 Å². The van der Waals surface area contributed by atoms with Crippen molar-refractivity contribution in [1.29, 1.82) is 0 Å². The van der Waals surface area contributed by atoms with Gasteiger partial charge in [-0.25, -0.2) is 8.78 Å². The van der Waals surface area contributed by atoms with Gasteiger partial charge in [-0.05, 0) is 25.0 Å². The van der Waals surface area contributed by atoms with Crippen molar-refractivity contribution < 1.29 is 18.3 Å². The van der Waals surface area contributed by atoms with Gasteiger partial charge in [0.15, 0.2) is 11.6 Å². The van der Waals surface area contributed by atoms with Crippen LogP contribution in [0.5, 0.6) is 5.75 Å². The molecule has 1 atom stereocenters. The molecule has 2 fully saturated rings. The van der Waals surface area contributed by atoms with Gasteiger partial charge in [0, 0.05) is 12.5 Å². The van der Waals surface area contributed by atoms with Crippen molar-refractivity contribution in [3.8, 4) is 5.75 Å². The van der Waals surface area contributed by atoms with Crippen molar-refractivity contribution in [2.24, 2.45) is 5.41 Å². The van der Waals surface area contributed by atoms with Crippen LogP contribution in [0, 0.1) is 17.0 Å². The molecular weight excluding hydrogens is 238 g/mol. The molecule has 0 amide bonds. The Balaban J connectivity index is 1.77. The highest BCUT2D eigenvalue weighted by atomic mass is 19.2. The summed E-state index contributed by atoms with van der Waals surface area (Å²) in [6.45, 7) is 0. The van der Waals surface area contributed by atoms with Gasteiger partial charge in [0.25, 0.3) is 0 Å². The van der Waals surface area contributed by atoms with E-state index in [1.54, 1.807) is 0 Å². The van der Waals surface area contributed by atoms with Crippen molar-refractivity contribution in [2.45, 2.75) is 38.2 Å². The average Bonchev–Trinajstić information content (AvgIpc) is 2.85. The lowest BCUT2D eigenvalue weighted by atomic mass is 9.63. The Morgan fingerprint density at radius 1 is 1.17 bits per heavy atom. The van der Waals surface area contributed by atoms with E-state index < -0.39 is 11.6 Å². The van der Waals surface area contributed by atoms with Gasteiger partial charge in [-0.2, -0.15) is 0 Å². The second-order valence-electron chi connectivity index (χ2n) is 5.17. The monoisotopic (exact) mass is 252 g/mol. The van der Waals surface area contributed by atoms with E-state index in [-0.39, 0.29) is 17.3 Å². The predicted molar refractivity (Wildman–Crippen MR) is 61.3 cm³/mol. The third-order valence-corrected chi connectivity index (χ3v) is 4.21. The topological polar surface area (TPSA) is 26.3 Å². The van der Waals surface area contributed by atoms with E-state index in [9.17, 15) is 13.6 Å². The number of hydrogen-bond donors (Lipinski definition) is 0. The maximum atomic E-state index is 13.1. The van der Waals surface area contributed by atoms with Crippen molar-refractivity contribution in [2.75, 3.05) is 0 Å². The zero-order valence-corrected chi connectivity index (χ0v) is 9.92. The zero-order valence-electron chi connectivity index (χ0n) is 9.92. The molecule has 1 aromatic carbocycles. The lowest BCUT2D eigenvalue weighted by molar-refractivity contribution is -0.151. The molecule has 2 aliphatic rings. The first-order chi connectivity index (χ1) is 8.62. The quantitative estimate of drug-likeness (QED) is 0.807. The summed E-state index contributed by atoms with van der Waals surface area (Å²) in [6.07, 6.45) is 4.03. The van der Waals surface area contributed by atoms with Gasteiger partial charge in [0.2, 0.25) is 0 Å². The molecule has 18 heavy (non-hydrogen) atoms. The van der Waals surface area contributed by atoms with Crippen LogP contribution in [0.2, 0.25) is 0 Å². The van der Waals surface area contributed by atoms with E-state index in [0.717, 1.165) is 37.8 Å². The highest BCUT2D eigenvalue weighted by Gasteiger charge is 2.57. The number of rotatable bonds is 2. The largest absolute Gasteiger partial charge is 0.489 e. The number of ketones is 1. The Kier molecular flexibility index (Phi) is 2.61. The van der Waals surface area contributed by atoms with Crippen molar-refractivity contribution in [1.82, 2.24) is 0 Å². The number of benzene rings is 1. The molecule has 1 spiro atoms. The Morgan fingerprint density at radius 3 is 2.50 bits per heavy atom. The van der Waals surface area contributed by atoms with Gasteiger partial charge in [-0.3, -0.25) is 4.79 Å². The van der Waals surface area contributed by atoms with Crippen LogP contribution >= 0.6 is 0 Å². The Morgan fingerprint density at radius 2 is 1.89 bits per heavy atom. The molecule has 0 N–H and O–H groups in total. The van der Waals surface area contributed by atoms with Crippen LogP contribution < -0.4 is 4.74 Å². The van der Waals surface area contributed by atoms with Crippen molar-refractivity contribution in [3.63, 3.8) is 0 Å². The van der Waals surface area contributed by atoms with Crippen LogP contribution in [0.1, 0.15) is 32.1 Å². The number of hydrogen-bond acceptors (Lipinski definition) is 2. The fourth-order valence-electron chi connectivity index (χ4n) is 3.09. The molecule has 0 aliphatic heterocycles. The molecule has 2 nitrogen and oxygen atoms in total. The number of carbonyl (C=O) groups is 1. The fraction of sp³-hybridized carbons (Fsp3) is 0.500. The Hall–Kier alpha value is -1.45. The third kappa shape index (κ3) is 1.62. The summed E-state index contributed by atoms with van der Waals surface area (Å²) in [6, 6.07) is 3.50. The number of Topliss-reactive ketones (excluding diaryl/α,β-unsaturated/α-hetero) is 1. The molecule has 96 valence electrons. The van der Waals surface area contributed by atoms with Gasteiger partial charge >= 0.3 is 0 Å². The number of halogens is 2. The van der Waals surface area contributed by atoms with Gasteiger partial charge in [-0.15, -0.1) is 0 Å². The smallest absolute Gasteiger partial charge is 0.162 e. The van der Waals surface area contributed by atoms with Crippen molar-refractivity contribution in [3.05, 3.63) is 29.8 Å². The van der Waals surface area contributed by atoms with E-state index >= 15 is 0 Å². The summed E-state index contributed by atoms with van der Waals surface area (Å²) in [5, 5.41) is 0. The molecule has 0 aromatic heterocycles. The second kappa shape index (κ2) is 4.04. The molecule has 0 saturated heterocycles. The summed E-state index contributed by atoms with van der Waals surface area (Å²) < 4.78 is 31.5. The summed E-state index contributed by atoms with van der Waals surface area (Å²) in [5.41, 5.74) is -0.342. The highest BCUT2D eigenvalue weighted by Crippen LogP contribution is 2.51. The molecule has 0 bridgehead atoms. The molecule has 3 rings (SSSR count). The normalized spacial score (nSPS) is 25.2. The van der Waals surface area contributed by atoms with Crippen molar-refractivity contribution >= 4 is 5.78 Å². The zero-order chi connectivity index (χ0) is 12.8. The first-order valence-corrected chi connectivity index (χ1v) is 6.27. The van der Waals surface area contributed by atoms with Gasteiger partial charge < -0.3 is 4.74 Å². The van der Waals surface area contributed by atoms with Crippen LogP contribution in [-0.4, -0.2) is 11.9 Å². The lowest BCUT2D eigenvalue weighted by Crippen LogP contribution is -2.55. The summed E-state index contributed by atoms with van der Waals surface area (Å²) in [4.78, 5) is 11.8. The van der Waals surface area contributed by atoms with E-state index in [4.69, 9.17) is 4.74 Å². The standard InChI is InChI=1S/C14H14F2O2/c15-10-4-3-9(7-11(10)16)18-13-8-12(17)14(13)5-1-2-6-14/h3-4,7,13H,1-2,5-6,8H2. The van der Waals surface area contributed by atoms with Crippen LogP contribution in [0.3, 0.4) is 0 Å². The highest BCUT2D eigenvalue weighted by molar-refractivity contribution is 5.92. The van der Waals surface area contributed by atoms with Crippen LogP contribution in [0.15, 0.2) is 18.2 Å². The molecule has 0 radical (unpaired) electrons. The average molecular weight is 252 g/mol. The molecular formula is C14H14F2O2. The van der Waals surface area contributed by atoms with Gasteiger partial charge in [-0.1, -0.05) is 12.8 Å². The Labute approximate surface area is 104 Å². The first kappa shape index (κ1) is 11.6. The van der Waals surface area contributed by atoms with Crippen LogP contribution in [-0.2, 0) is 4.79 Å². The molecule has 1 unspecified atom stereocenters. The summed E-state index contributed by atoms with van der Waals surface area (Å²) in [5.74, 6) is -1.24. The van der Waals surface area contributed by atoms with E-state index in [2.05, 4.69) is 0 Å². The molecule has 1 aromatic rings. The van der Waals surface area contributed by atoms with Gasteiger partial charge in [0.1, 0.15) is 17.6 Å². The van der Waals surface area contributed by atoms with E-state index in [1.807, 2.05) is 0 Å². The van der Waals surface area contributed by atoms with Crippen LogP contribution in [0.4, 0.5) is 8.78 Å². The first-order valence-electron chi connectivity index (χ1n) is 6.27. The second-order valence-corrected chi connectivity index (χ2v) is 5.17. The fourth-order valence-corrected chi connectivity index (χ4v) is 3.09. The minimum atomic E-state index is -0.918. The summed E-state index contributed by atoms with van der Waals surface area (Å²) >= 11 is 0. The molecule has 2 aliphatic carbocycles. The Bertz CT molecular complexity index is 493. The van der Waals surface area contributed by atoms with Crippen LogP contribution in [0.25, 0.3) is 0 Å². The minimum absolute atomic E-state index is 0.169. The maximum Gasteiger partial charge on any atom is 0.162 e. The number of ether oxygens (including phenoxy) is 1. The maximum absolute atomic E-state index is 13.1. The third-order valence-electron chi connectivity index (χ3n) is 4.21. The molecule has 4 heteroatoms. The van der Waals surface area contributed by atoms with E-state index in [0.29, 0.717) is 12.2 Å². The molecule has 2 saturated carbocycles. The predicted octanol–water partition coefficient (Wildman–Crippen LogP) is 3.25. The number of carbonyl (C=O) groups excluding carboxylic acids is 1. The lowest BCUT2D eigenvalue weighted by Gasteiger charge is -2.44.